The zero-order valence-electron chi connectivity index (χ0n) is 7.40. The summed E-state index contributed by atoms with van der Waals surface area (Å²) in [6.07, 6.45) is 0. The van der Waals surface area contributed by atoms with Gasteiger partial charge in [0.25, 0.3) is 0 Å². The first-order valence-electron chi connectivity index (χ1n) is 4.08. The van der Waals surface area contributed by atoms with Gasteiger partial charge in [-0.3, -0.25) is 5.22 Å². The van der Waals surface area contributed by atoms with Crippen LogP contribution >= 0.6 is 11.3 Å². The van der Waals surface area contributed by atoms with Crippen molar-refractivity contribution in [3.8, 4) is 0 Å². The Kier molecular flexibility index (Phi) is 2.28. The standard InChI is InChI=1S/C10H8N3S/c1-7(12-13-11)9-6-14-10-5-3-2-4-8(9)10/h2-6H,1H2,(H-,11,12)/q-1. The van der Waals surface area contributed by atoms with E-state index in [-0.39, 0.29) is 0 Å². The molecule has 2 aromatic rings. The molecular formula is C10H8N3S-. The molecule has 1 aromatic carbocycles. The SMILES string of the molecule is C=C(NN=[N-])c1csc2ccccc12. The molecule has 0 aliphatic heterocycles. The Bertz CT molecular complexity index is 487. The third kappa shape index (κ3) is 1.40. The van der Waals surface area contributed by atoms with E-state index in [9.17, 15) is 0 Å². The summed E-state index contributed by atoms with van der Waals surface area (Å²) in [5.41, 5.74) is 12.4. The fraction of sp³-hybridized carbons (Fsp3) is 0. The van der Waals surface area contributed by atoms with E-state index in [1.54, 1.807) is 11.3 Å². The van der Waals surface area contributed by atoms with Crippen LogP contribution in [-0.4, -0.2) is 0 Å². The summed E-state index contributed by atoms with van der Waals surface area (Å²) in [7, 11) is 0. The van der Waals surface area contributed by atoms with E-state index in [0.29, 0.717) is 5.70 Å². The van der Waals surface area contributed by atoms with Gasteiger partial charge in [-0.2, -0.15) is 0 Å². The van der Waals surface area contributed by atoms with Gasteiger partial charge >= 0.3 is 0 Å². The maximum atomic E-state index is 8.36. The third-order valence-corrected chi connectivity index (χ3v) is 2.95. The lowest BCUT2D eigenvalue weighted by atomic mass is 10.1. The van der Waals surface area contributed by atoms with Crippen LogP contribution in [0.2, 0.25) is 0 Å². The average Bonchev–Trinajstić information content (AvgIpc) is 2.61. The van der Waals surface area contributed by atoms with Crippen LogP contribution in [0.3, 0.4) is 0 Å². The molecule has 1 aromatic heterocycles. The van der Waals surface area contributed by atoms with Crippen molar-refractivity contribution < 1.29 is 0 Å². The van der Waals surface area contributed by atoms with Crippen molar-refractivity contribution in [3.05, 3.63) is 47.3 Å². The molecule has 0 aliphatic carbocycles. The Morgan fingerprint density at radius 2 is 2.21 bits per heavy atom. The highest BCUT2D eigenvalue weighted by atomic mass is 32.1. The van der Waals surface area contributed by atoms with E-state index in [4.69, 9.17) is 5.53 Å². The molecule has 2 rings (SSSR count). The lowest BCUT2D eigenvalue weighted by Crippen LogP contribution is -1.99. The minimum atomic E-state index is 0.602. The van der Waals surface area contributed by atoms with E-state index in [2.05, 4.69) is 17.2 Å². The smallest absolute Gasteiger partial charge is 0.0349 e. The Labute approximate surface area is 85.6 Å². The number of rotatable bonds is 3. The minimum Gasteiger partial charge on any atom is -0.387 e. The second-order valence-electron chi connectivity index (χ2n) is 2.84. The fourth-order valence-electron chi connectivity index (χ4n) is 1.33. The molecule has 0 unspecified atom stereocenters. The molecule has 0 saturated carbocycles. The molecule has 70 valence electrons. The quantitative estimate of drug-likeness (QED) is 0.601. The number of thiophene rings is 1. The van der Waals surface area contributed by atoms with Gasteiger partial charge in [0.1, 0.15) is 0 Å². The van der Waals surface area contributed by atoms with Crippen molar-refractivity contribution >= 4 is 27.1 Å². The minimum absolute atomic E-state index is 0.602. The molecule has 4 heteroatoms. The van der Waals surface area contributed by atoms with Crippen molar-refractivity contribution in [1.82, 2.24) is 5.43 Å². The number of nitrogens with zero attached hydrogens (tertiary/aromatic N) is 2. The van der Waals surface area contributed by atoms with Crippen LogP contribution < -0.4 is 5.43 Å². The first kappa shape index (κ1) is 8.90. The number of hydrogen-bond donors (Lipinski definition) is 1. The summed E-state index contributed by atoms with van der Waals surface area (Å²) in [6, 6.07) is 8.04. The van der Waals surface area contributed by atoms with Crippen molar-refractivity contribution in [2.45, 2.75) is 0 Å². The van der Waals surface area contributed by atoms with Crippen LogP contribution in [0.15, 0.2) is 41.4 Å². The monoisotopic (exact) mass is 202 g/mol. The predicted molar refractivity (Wildman–Crippen MR) is 59.8 cm³/mol. The third-order valence-electron chi connectivity index (χ3n) is 1.99. The summed E-state index contributed by atoms with van der Waals surface area (Å²) in [6.45, 7) is 3.78. The van der Waals surface area contributed by atoms with Gasteiger partial charge in [0.2, 0.25) is 0 Å². The lowest BCUT2D eigenvalue weighted by molar-refractivity contribution is 0.983. The summed E-state index contributed by atoms with van der Waals surface area (Å²) in [5.74, 6) is 0. The second-order valence-corrected chi connectivity index (χ2v) is 3.75. The van der Waals surface area contributed by atoms with Crippen molar-refractivity contribution in [2.75, 3.05) is 0 Å². The van der Waals surface area contributed by atoms with Gasteiger partial charge < -0.3 is 11.0 Å². The molecule has 14 heavy (non-hydrogen) atoms. The average molecular weight is 202 g/mol. The van der Waals surface area contributed by atoms with Gasteiger partial charge in [0, 0.05) is 4.70 Å². The highest BCUT2D eigenvalue weighted by Crippen LogP contribution is 2.28. The molecule has 0 amide bonds. The molecule has 0 radical (unpaired) electrons. The maximum absolute atomic E-state index is 8.36. The molecular weight excluding hydrogens is 194 g/mol. The van der Waals surface area contributed by atoms with Gasteiger partial charge in [0.05, 0.1) is 0 Å². The lowest BCUT2D eigenvalue weighted by Gasteiger charge is -2.08. The Morgan fingerprint density at radius 3 is 3.00 bits per heavy atom. The topological polar surface area (TPSA) is 46.7 Å². The van der Waals surface area contributed by atoms with Gasteiger partial charge in [-0.05, 0) is 28.1 Å². The Hall–Kier alpha value is -1.68. The number of benzene rings is 1. The van der Waals surface area contributed by atoms with Crippen LogP contribution in [0.25, 0.3) is 21.3 Å². The van der Waals surface area contributed by atoms with E-state index in [1.165, 1.54) is 4.70 Å². The van der Waals surface area contributed by atoms with Crippen LogP contribution in [0.5, 0.6) is 0 Å². The normalized spacial score (nSPS) is 10.0. The summed E-state index contributed by atoms with van der Waals surface area (Å²) < 4.78 is 1.20. The molecule has 0 fully saturated rings. The fourth-order valence-corrected chi connectivity index (χ4v) is 2.31. The van der Waals surface area contributed by atoms with E-state index >= 15 is 0 Å². The molecule has 0 spiro atoms. The van der Waals surface area contributed by atoms with E-state index < -0.39 is 0 Å². The van der Waals surface area contributed by atoms with Crippen molar-refractivity contribution in [1.29, 1.82) is 0 Å². The molecule has 0 atom stereocenters. The molecule has 1 N–H and O–H groups in total. The maximum Gasteiger partial charge on any atom is 0.0349 e. The molecule has 0 saturated heterocycles. The molecule has 0 aliphatic rings. The highest BCUT2D eigenvalue weighted by Gasteiger charge is 2.02. The number of fused-ring (bicyclic) bond motifs is 1. The molecule has 1 heterocycles. The second kappa shape index (κ2) is 3.59. The van der Waals surface area contributed by atoms with E-state index in [0.717, 1.165) is 10.9 Å². The van der Waals surface area contributed by atoms with Crippen LogP contribution in [0, 0.1) is 0 Å². The molecule has 3 nitrogen and oxygen atoms in total. The van der Waals surface area contributed by atoms with Gasteiger partial charge in [-0.25, -0.2) is 0 Å². The zero-order chi connectivity index (χ0) is 9.97. The van der Waals surface area contributed by atoms with Crippen molar-refractivity contribution in [2.24, 2.45) is 5.22 Å². The summed E-state index contributed by atoms with van der Waals surface area (Å²) in [5, 5.41) is 5.97. The largest absolute Gasteiger partial charge is 0.387 e. The predicted octanol–water partition coefficient (Wildman–Crippen LogP) is 3.40. The van der Waals surface area contributed by atoms with E-state index in [1.807, 2.05) is 29.6 Å². The van der Waals surface area contributed by atoms with Crippen molar-refractivity contribution in [3.63, 3.8) is 0 Å². The first-order valence-corrected chi connectivity index (χ1v) is 4.96. The Morgan fingerprint density at radius 1 is 1.43 bits per heavy atom. The van der Waals surface area contributed by atoms with Crippen LogP contribution in [0.1, 0.15) is 5.56 Å². The summed E-state index contributed by atoms with van der Waals surface area (Å²) in [4.78, 5) is 0. The van der Waals surface area contributed by atoms with Crippen LogP contribution in [0.4, 0.5) is 0 Å². The van der Waals surface area contributed by atoms with Gasteiger partial charge in [-0.1, -0.05) is 24.8 Å². The number of hydrogen-bond acceptors (Lipinski definition) is 2. The first-order chi connectivity index (χ1) is 6.83. The zero-order valence-corrected chi connectivity index (χ0v) is 8.21. The highest BCUT2D eigenvalue weighted by molar-refractivity contribution is 7.17. The Balaban J connectivity index is 2.52. The van der Waals surface area contributed by atoms with Crippen LogP contribution in [-0.2, 0) is 0 Å². The van der Waals surface area contributed by atoms with Gasteiger partial charge in [0.15, 0.2) is 0 Å². The molecule has 0 bridgehead atoms. The van der Waals surface area contributed by atoms with Gasteiger partial charge in [-0.15, -0.1) is 11.3 Å². The number of nitrogens with one attached hydrogen (secondary N) is 1. The summed E-state index contributed by atoms with van der Waals surface area (Å²) >= 11 is 1.64.